The molecule has 0 aromatic heterocycles. The highest BCUT2D eigenvalue weighted by molar-refractivity contribution is 5.66. The van der Waals surface area contributed by atoms with Crippen molar-refractivity contribution in [3.05, 3.63) is 11.6 Å². The summed E-state index contributed by atoms with van der Waals surface area (Å²) in [5.74, 6) is 5.19. The quantitative estimate of drug-likeness (QED) is 0.317. The summed E-state index contributed by atoms with van der Waals surface area (Å²) in [4.78, 5) is 11.5. The van der Waals surface area contributed by atoms with Gasteiger partial charge in [-0.3, -0.25) is 4.79 Å². The molecule has 4 aliphatic rings. The average Bonchev–Trinajstić information content (AvgIpc) is 3.05. The summed E-state index contributed by atoms with van der Waals surface area (Å²) in [6, 6.07) is 0. The fourth-order valence-electron chi connectivity index (χ4n) is 8.99. The molecule has 3 fully saturated rings. The summed E-state index contributed by atoms with van der Waals surface area (Å²) in [6.45, 7) is 14.1. The lowest BCUT2D eigenvalue weighted by atomic mass is 9.47. The molecule has 2 nitrogen and oxygen atoms in total. The van der Waals surface area contributed by atoms with Crippen LogP contribution in [0.5, 0.6) is 0 Å². The van der Waals surface area contributed by atoms with Crippen molar-refractivity contribution in [3.8, 4) is 0 Å². The Hall–Kier alpha value is -0.790. The van der Waals surface area contributed by atoms with Crippen molar-refractivity contribution in [1.29, 1.82) is 0 Å². The van der Waals surface area contributed by atoms with Crippen molar-refractivity contribution in [1.82, 2.24) is 0 Å². The Kier molecular flexibility index (Phi) is 6.68. The standard InChI is InChI=1S/C29H48O2/c1-19(2)8-7-9-20(3)25-12-13-26-24-11-10-22-18-23(31-21(4)30)14-16-28(22,5)27(24)15-17-29(25,26)6/h10,19-20,23-27H,7-9,11-18H2,1-6H3/t20-,23-,24-,25-,26+,27-,28-,29+/m0/s1. The zero-order chi connectivity index (χ0) is 22.4. The maximum atomic E-state index is 11.5. The van der Waals surface area contributed by atoms with Gasteiger partial charge in [0.1, 0.15) is 6.10 Å². The molecule has 8 atom stereocenters. The van der Waals surface area contributed by atoms with E-state index in [2.05, 4.69) is 40.7 Å². The first-order valence-corrected chi connectivity index (χ1v) is 13.5. The second-order valence-corrected chi connectivity index (χ2v) is 12.8. The van der Waals surface area contributed by atoms with Crippen LogP contribution in [0.25, 0.3) is 0 Å². The van der Waals surface area contributed by atoms with E-state index in [1.165, 1.54) is 57.8 Å². The van der Waals surface area contributed by atoms with Crippen molar-refractivity contribution in [3.63, 3.8) is 0 Å². The first-order chi connectivity index (χ1) is 14.6. The largest absolute Gasteiger partial charge is 0.462 e. The molecule has 0 spiro atoms. The maximum Gasteiger partial charge on any atom is 0.302 e. The summed E-state index contributed by atoms with van der Waals surface area (Å²) in [7, 11) is 0. The van der Waals surface area contributed by atoms with Gasteiger partial charge in [0.05, 0.1) is 0 Å². The number of hydrogen-bond acceptors (Lipinski definition) is 2. The number of carbonyl (C=O) groups excluding carboxylic acids is 1. The van der Waals surface area contributed by atoms with Crippen LogP contribution in [0.2, 0.25) is 0 Å². The molecule has 2 heteroatoms. The fourth-order valence-corrected chi connectivity index (χ4v) is 8.99. The van der Waals surface area contributed by atoms with Crippen molar-refractivity contribution in [2.45, 2.75) is 118 Å². The Bertz CT molecular complexity index is 693. The molecule has 0 heterocycles. The van der Waals surface area contributed by atoms with Gasteiger partial charge in [0.2, 0.25) is 0 Å². The maximum absolute atomic E-state index is 11.5. The van der Waals surface area contributed by atoms with Crippen LogP contribution in [0.1, 0.15) is 112 Å². The topological polar surface area (TPSA) is 26.3 Å². The number of ether oxygens (including phenoxy) is 1. The van der Waals surface area contributed by atoms with Crippen molar-refractivity contribution >= 4 is 5.97 Å². The van der Waals surface area contributed by atoms with Gasteiger partial charge in [-0.05, 0) is 91.3 Å². The number of rotatable bonds is 6. The van der Waals surface area contributed by atoms with E-state index >= 15 is 0 Å². The van der Waals surface area contributed by atoms with Crippen LogP contribution >= 0.6 is 0 Å². The molecule has 0 radical (unpaired) electrons. The highest BCUT2D eigenvalue weighted by atomic mass is 16.5. The van der Waals surface area contributed by atoms with Gasteiger partial charge in [0, 0.05) is 13.3 Å². The zero-order valence-electron chi connectivity index (χ0n) is 21.2. The van der Waals surface area contributed by atoms with E-state index in [-0.39, 0.29) is 12.1 Å². The molecule has 31 heavy (non-hydrogen) atoms. The van der Waals surface area contributed by atoms with Crippen LogP contribution in [0, 0.1) is 46.3 Å². The van der Waals surface area contributed by atoms with Gasteiger partial charge >= 0.3 is 5.97 Å². The molecule has 176 valence electrons. The van der Waals surface area contributed by atoms with Gasteiger partial charge < -0.3 is 4.74 Å². The number of carbonyl (C=O) groups is 1. The van der Waals surface area contributed by atoms with Crippen LogP contribution < -0.4 is 0 Å². The van der Waals surface area contributed by atoms with E-state index in [0.29, 0.717) is 10.8 Å². The lowest BCUT2D eigenvalue weighted by Gasteiger charge is -2.58. The van der Waals surface area contributed by atoms with Gasteiger partial charge in [-0.15, -0.1) is 0 Å². The normalized spacial score (nSPS) is 42.9. The summed E-state index contributed by atoms with van der Waals surface area (Å²) in [5.41, 5.74) is 2.53. The highest BCUT2D eigenvalue weighted by Crippen LogP contribution is 2.67. The average molecular weight is 429 g/mol. The lowest BCUT2D eigenvalue weighted by Crippen LogP contribution is -2.51. The molecule has 0 aliphatic heterocycles. The molecule has 0 aromatic carbocycles. The van der Waals surface area contributed by atoms with Crippen molar-refractivity contribution < 1.29 is 9.53 Å². The van der Waals surface area contributed by atoms with Crippen molar-refractivity contribution in [2.24, 2.45) is 46.3 Å². The van der Waals surface area contributed by atoms with Gasteiger partial charge in [0.25, 0.3) is 0 Å². The third-order valence-electron chi connectivity index (χ3n) is 10.6. The Morgan fingerprint density at radius 3 is 2.55 bits per heavy atom. The van der Waals surface area contributed by atoms with Crippen LogP contribution in [0.3, 0.4) is 0 Å². The lowest BCUT2D eigenvalue weighted by molar-refractivity contribution is -0.148. The van der Waals surface area contributed by atoms with Crippen LogP contribution in [0.4, 0.5) is 0 Å². The number of esters is 1. The summed E-state index contributed by atoms with van der Waals surface area (Å²) < 4.78 is 5.61. The minimum atomic E-state index is -0.115. The molecule has 0 amide bonds. The minimum absolute atomic E-state index is 0.115. The van der Waals surface area contributed by atoms with E-state index in [0.717, 1.165) is 48.3 Å². The smallest absolute Gasteiger partial charge is 0.302 e. The Balaban J connectivity index is 1.47. The molecule has 4 aliphatic carbocycles. The molecule has 4 rings (SSSR count). The molecule has 3 saturated carbocycles. The Labute approximate surface area is 192 Å². The molecule has 0 N–H and O–H groups in total. The van der Waals surface area contributed by atoms with E-state index in [1.54, 1.807) is 12.5 Å². The van der Waals surface area contributed by atoms with E-state index < -0.39 is 0 Å². The van der Waals surface area contributed by atoms with Crippen LogP contribution in [-0.2, 0) is 9.53 Å². The second kappa shape index (κ2) is 8.86. The first-order valence-electron chi connectivity index (χ1n) is 13.5. The van der Waals surface area contributed by atoms with Gasteiger partial charge in [0.15, 0.2) is 0 Å². The molecule has 0 bridgehead atoms. The minimum Gasteiger partial charge on any atom is -0.462 e. The zero-order valence-corrected chi connectivity index (χ0v) is 21.2. The molecular formula is C29H48O2. The SMILES string of the molecule is CC(=O)O[C@H]1CC[C@@]2(C)C(=CC[C@H]3[C@H]4CC[C@@H]([C@@H](C)CCCC(C)C)[C@@]4(C)CC[C@@H]32)C1. The Morgan fingerprint density at radius 1 is 1.06 bits per heavy atom. The van der Waals surface area contributed by atoms with Crippen LogP contribution in [0.15, 0.2) is 11.6 Å². The van der Waals surface area contributed by atoms with E-state index in [4.69, 9.17) is 4.74 Å². The number of fused-ring (bicyclic) bond motifs is 5. The summed E-state index contributed by atoms with van der Waals surface area (Å²) >= 11 is 0. The molecule has 0 saturated heterocycles. The van der Waals surface area contributed by atoms with Gasteiger partial charge in [-0.2, -0.15) is 0 Å². The van der Waals surface area contributed by atoms with Crippen LogP contribution in [-0.4, -0.2) is 12.1 Å². The predicted molar refractivity (Wildman–Crippen MR) is 129 cm³/mol. The third kappa shape index (κ3) is 4.26. The number of hydrogen-bond donors (Lipinski definition) is 0. The second-order valence-electron chi connectivity index (χ2n) is 12.8. The van der Waals surface area contributed by atoms with Gasteiger partial charge in [-0.25, -0.2) is 0 Å². The van der Waals surface area contributed by atoms with Crippen molar-refractivity contribution in [2.75, 3.05) is 0 Å². The summed E-state index contributed by atoms with van der Waals surface area (Å²) in [5, 5.41) is 0. The third-order valence-corrected chi connectivity index (χ3v) is 10.6. The molecule has 0 aromatic rings. The monoisotopic (exact) mass is 428 g/mol. The fraction of sp³-hybridized carbons (Fsp3) is 0.897. The van der Waals surface area contributed by atoms with Gasteiger partial charge in [-0.1, -0.05) is 65.5 Å². The number of allylic oxidation sites excluding steroid dienone is 1. The molecule has 0 unspecified atom stereocenters. The predicted octanol–water partition coefficient (Wildman–Crippen LogP) is 7.96. The summed E-state index contributed by atoms with van der Waals surface area (Å²) in [6.07, 6.45) is 17.2. The van der Waals surface area contributed by atoms with E-state index in [9.17, 15) is 4.79 Å². The molecular weight excluding hydrogens is 380 g/mol. The first kappa shape index (κ1) is 23.4. The highest BCUT2D eigenvalue weighted by Gasteiger charge is 2.59. The van der Waals surface area contributed by atoms with E-state index in [1.807, 2.05) is 0 Å². The Morgan fingerprint density at radius 2 is 1.84 bits per heavy atom.